The summed E-state index contributed by atoms with van der Waals surface area (Å²) in [6, 6.07) is 7.67. The summed E-state index contributed by atoms with van der Waals surface area (Å²) in [4.78, 5) is 13.1. The van der Waals surface area contributed by atoms with Crippen LogP contribution in [0.1, 0.15) is 16.7 Å². The molecule has 3 rings (SSSR count). The number of anilines is 5. The van der Waals surface area contributed by atoms with Crippen LogP contribution in [0.3, 0.4) is 0 Å². The van der Waals surface area contributed by atoms with E-state index in [0.29, 0.717) is 23.3 Å². The summed E-state index contributed by atoms with van der Waals surface area (Å²) in [7, 11) is 1.58. The first kappa shape index (κ1) is 17.5. The van der Waals surface area contributed by atoms with Gasteiger partial charge in [-0.25, -0.2) is 9.97 Å². The van der Waals surface area contributed by atoms with Crippen molar-refractivity contribution in [3.05, 3.63) is 53.3 Å². The van der Waals surface area contributed by atoms with E-state index in [1.165, 1.54) is 0 Å². The molecular formula is C19H22N6O. The highest BCUT2D eigenvalue weighted by Gasteiger charge is 2.09. The Morgan fingerprint density at radius 2 is 1.69 bits per heavy atom. The Kier molecular flexibility index (Phi) is 4.88. The first-order chi connectivity index (χ1) is 12.5. The molecule has 0 fully saturated rings. The van der Waals surface area contributed by atoms with Crippen LogP contribution >= 0.6 is 0 Å². The number of hydrogen-bond acceptors (Lipinski definition) is 7. The molecule has 0 bridgehead atoms. The molecule has 4 N–H and O–H groups in total. The molecule has 0 aliphatic rings. The number of ether oxygens (including phenoxy) is 1. The standard InChI is InChI=1S/C19H22N6O/c1-11-5-6-15(14(20)7-11)23-18-13(3)10-22-19(25-18)24-16-8-17(26-4)21-9-12(16)2/h5-10H,20H2,1-4H3,(H2,21,22,23,24,25). The molecule has 0 atom stereocenters. The van der Waals surface area contributed by atoms with Gasteiger partial charge >= 0.3 is 0 Å². The second kappa shape index (κ2) is 7.26. The second-order valence-electron chi connectivity index (χ2n) is 6.11. The van der Waals surface area contributed by atoms with Gasteiger partial charge in [-0.15, -0.1) is 0 Å². The molecule has 0 spiro atoms. The molecule has 0 aliphatic heterocycles. The molecule has 134 valence electrons. The van der Waals surface area contributed by atoms with Crippen molar-refractivity contribution in [1.29, 1.82) is 0 Å². The first-order valence-electron chi connectivity index (χ1n) is 8.20. The van der Waals surface area contributed by atoms with Crippen LogP contribution in [0.2, 0.25) is 0 Å². The van der Waals surface area contributed by atoms with Crippen molar-refractivity contribution in [2.75, 3.05) is 23.5 Å². The van der Waals surface area contributed by atoms with Crippen LogP contribution in [0.15, 0.2) is 36.7 Å². The minimum Gasteiger partial charge on any atom is -0.481 e. The van der Waals surface area contributed by atoms with Gasteiger partial charge < -0.3 is 21.1 Å². The molecule has 2 heterocycles. The van der Waals surface area contributed by atoms with Gasteiger partial charge in [-0.2, -0.15) is 4.98 Å². The summed E-state index contributed by atoms with van der Waals surface area (Å²) >= 11 is 0. The molecule has 0 unspecified atom stereocenters. The summed E-state index contributed by atoms with van der Waals surface area (Å²) in [6.45, 7) is 5.90. The molecule has 0 saturated carbocycles. The van der Waals surface area contributed by atoms with Crippen molar-refractivity contribution >= 4 is 28.8 Å². The highest BCUT2D eigenvalue weighted by Crippen LogP contribution is 2.27. The van der Waals surface area contributed by atoms with Crippen molar-refractivity contribution in [1.82, 2.24) is 15.0 Å². The van der Waals surface area contributed by atoms with Crippen molar-refractivity contribution < 1.29 is 4.74 Å². The van der Waals surface area contributed by atoms with Crippen LogP contribution < -0.4 is 21.1 Å². The lowest BCUT2D eigenvalue weighted by Crippen LogP contribution is -2.05. The van der Waals surface area contributed by atoms with E-state index in [2.05, 4.69) is 25.6 Å². The number of aromatic nitrogens is 3. The predicted octanol–water partition coefficient (Wildman–Crippen LogP) is 3.87. The number of aryl methyl sites for hydroxylation is 3. The van der Waals surface area contributed by atoms with Gasteiger partial charge in [0.05, 0.1) is 24.2 Å². The van der Waals surface area contributed by atoms with Crippen LogP contribution in [-0.2, 0) is 0 Å². The van der Waals surface area contributed by atoms with E-state index in [-0.39, 0.29) is 0 Å². The van der Waals surface area contributed by atoms with Crippen LogP contribution in [0.25, 0.3) is 0 Å². The quantitative estimate of drug-likeness (QED) is 0.601. The SMILES string of the molecule is COc1cc(Nc2ncc(C)c(Nc3ccc(C)cc3N)n2)c(C)cn1. The molecule has 0 saturated heterocycles. The molecule has 26 heavy (non-hydrogen) atoms. The van der Waals surface area contributed by atoms with E-state index in [9.17, 15) is 0 Å². The Balaban J connectivity index is 1.88. The van der Waals surface area contributed by atoms with Crippen LogP contribution in [0.4, 0.5) is 28.8 Å². The first-order valence-corrected chi connectivity index (χ1v) is 8.20. The number of hydrogen-bond donors (Lipinski definition) is 3. The van der Waals surface area contributed by atoms with Crippen LogP contribution in [-0.4, -0.2) is 22.1 Å². The summed E-state index contributed by atoms with van der Waals surface area (Å²) in [5.41, 5.74) is 11.4. The molecule has 7 heteroatoms. The molecule has 0 aliphatic carbocycles. The van der Waals surface area contributed by atoms with Crippen LogP contribution in [0, 0.1) is 20.8 Å². The summed E-state index contributed by atoms with van der Waals surface area (Å²) in [5, 5.41) is 6.49. The lowest BCUT2D eigenvalue weighted by atomic mass is 10.2. The molecule has 0 amide bonds. The number of nitrogens with one attached hydrogen (secondary N) is 2. The van der Waals surface area contributed by atoms with E-state index >= 15 is 0 Å². The number of nitrogens with two attached hydrogens (primary N) is 1. The van der Waals surface area contributed by atoms with E-state index in [4.69, 9.17) is 10.5 Å². The minimum absolute atomic E-state index is 0.472. The van der Waals surface area contributed by atoms with Gasteiger partial charge in [-0.05, 0) is 44.0 Å². The molecular weight excluding hydrogens is 328 g/mol. The number of nitrogens with zero attached hydrogens (tertiary/aromatic N) is 3. The molecule has 1 aromatic carbocycles. The Morgan fingerprint density at radius 1 is 0.923 bits per heavy atom. The number of methoxy groups -OCH3 is 1. The summed E-state index contributed by atoms with van der Waals surface area (Å²) < 4.78 is 5.17. The smallest absolute Gasteiger partial charge is 0.229 e. The van der Waals surface area contributed by atoms with Crippen molar-refractivity contribution in [3.63, 3.8) is 0 Å². The lowest BCUT2D eigenvalue weighted by molar-refractivity contribution is 0.398. The Labute approximate surface area is 152 Å². The predicted molar refractivity (Wildman–Crippen MR) is 104 cm³/mol. The molecule has 7 nitrogen and oxygen atoms in total. The van der Waals surface area contributed by atoms with E-state index in [0.717, 1.165) is 28.1 Å². The second-order valence-corrected chi connectivity index (χ2v) is 6.11. The van der Waals surface area contributed by atoms with E-state index in [1.54, 1.807) is 19.5 Å². The van der Waals surface area contributed by atoms with E-state index in [1.807, 2.05) is 45.0 Å². The third-order valence-corrected chi connectivity index (χ3v) is 3.97. The molecule has 3 aromatic rings. The normalized spacial score (nSPS) is 10.5. The maximum absolute atomic E-state index is 6.09. The van der Waals surface area contributed by atoms with E-state index < -0.39 is 0 Å². The van der Waals surface area contributed by atoms with Gasteiger partial charge in [0.25, 0.3) is 0 Å². The van der Waals surface area contributed by atoms with Crippen molar-refractivity contribution in [3.8, 4) is 5.88 Å². The average Bonchev–Trinajstić information content (AvgIpc) is 2.62. The highest BCUT2D eigenvalue weighted by molar-refractivity contribution is 5.73. The maximum Gasteiger partial charge on any atom is 0.229 e. The zero-order chi connectivity index (χ0) is 18.7. The third-order valence-electron chi connectivity index (χ3n) is 3.97. The molecule has 0 radical (unpaired) electrons. The topological polar surface area (TPSA) is 98.0 Å². The van der Waals surface area contributed by atoms with Gasteiger partial charge in [0, 0.05) is 24.0 Å². The number of rotatable bonds is 5. The molecule has 2 aromatic heterocycles. The fraction of sp³-hybridized carbons (Fsp3) is 0.211. The average molecular weight is 350 g/mol. The monoisotopic (exact) mass is 350 g/mol. The largest absolute Gasteiger partial charge is 0.481 e. The van der Waals surface area contributed by atoms with Crippen molar-refractivity contribution in [2.45, 2.75) is 20.8 Å². The van der Waals surface area contributed by atoms with Crippen molar-refractivity contribution in [2.24, 2.45) is 0 Å². The van der Waals surface area contributed by atoms with Gasteiger partial charge in [0.1, 0.15) is 5.82 Å². The number of nitrogen functional groups attached to an aromatic ring is 1. The number of benzene rings is 1. The van der Waals surface area contributed by atoms with Gasteiger partial charge in [0.15, 0.2) is 0 Å². The number of pyridine rings is 1. The fourth-order valence-corrected chi connectivity index (χ4v) is 2.42. The van der Waals surface area contributed by atoms with Gasteiger partial charge in [0.2, 0.25) is 11.8 Å². The highest BCUT2D eigenvalue weighted by atomic mass is 16.5. The Hall–Kier alpha value is -3.35. The van der Waals surface area contributed by atoms with Gasteiger partial charge in [-0.1, -0.05) is 6.07 Å². The lowest BCUT2D eigenvalue weighted by Gasteiger charge is -2.14. The Bertz CT molecular complexity index is 941. The maximum atomic E-state index is 6.09. The third kappa shape index (κ3) is 3.83. The minimum atomic E-state index is 0.472. The fourth-order valence-electron chi connectivity index (χ4n) is 2.42. The van der Waals surface area contributed by atoms with Crippen LogP contribution in [0.5, 0.6) is 5.88 Å². The zero-order valence-electron chi connectivity index (χ0n) is 15.3. The summed E-state index contributed by atoms with van der Waals surface area (Å²) in [5.74, 6) is 1.69. The zero-order valence-corrected chi connectivity index (χ0v) is 15.3. The summed E-state index contributed by atoms with van der Waals surface area (Å²) in [6.07, 6.45) is 3.50. The van der Waals surface area contributed by atoms with Gasteiger partial charge in [-0.3, -0.25) is 0 Å². The Morgan fingerprint density at radius 3 is 2.42 bits per heavy atom.